The zero-order valence-electron chi connectivity index (χ0n) is 14.3. The molecule has 0 aromatic carbocycles. The Hall–Kier alpha value is -2.16. The molecule has 0 aliphatic rings. The number of nitrogens with zero attached hydrogens (tertiary/aromatic N) is 4. The smallest absolute Gasteiger partial charge is 0.332 e. The number of esters is 1. The topological polar surface area (TPSA) is 96.1 Å². The number of rotatable bonds is 5. The normalized spacial score (nSPS) is 12.4. The molecule has 0 fully saturated rings. The van der Waals surface area contributed by atoms with Crippen molar-refractivity contribution in [1.82, 2.24) is 19.1 Å². The summed E-state index contributed by atoms with van der Waals surface area (Å²) in [5.74, 6) is 0.123. The molecule has 0 N–H and O–H groups in total. The number of carbonyl (C=O) groups excluding carboxylic acids is 1. The second-order valence-corrected chi connectivity index (χ2v) is 6.54. The number of aromatic nitrogens is 4. The van der Waals surface area contributed by atoms with E-state index in [4.69, 9.17) is 4.74 Å². The van der Waals surface area contributed by atoms with Crippen LogP contribution in [0.1, 0.15) is 26.6 Å². The van der Waals surface area contributed by atoms with Gasteiger partial charge < -0.3 is 4.74 Å². The van der Waals surface area contributed by atoms with E-state index in [1.165, 1.54) is 11.6 Å². The summed E-state index contributed by atoms with van der Waals surface area (Å²) in [4.78, 5) is 45.2. The lowest BCUT2D eigenvalue weighted by Crippen LogP contribution is -2.38. The van der Waals surface area contributed by atoms with Crippen molar-refractivity contribution in [3.63, 3.8) is 0 Å². The third-order valence-electron chi connectivity index (χ3n) is 3.54. The van der Waals surface area contributed by atoms with Crippen molar-refractivity contribution in [3.05, 3.63) is 26.7 Å². The molecule has 0 spiro atoms. The number of fused-ring (bicyclic) bond motifs is 1. The molecule has 1 atom stereocenters. The molecule has 0 aliphatic carbocycles. The highest BCUT2D eigenvalue weighted by molar-refractivity contribution is 8.00. The van der Waals surface area contributed by atoms with Gasteiger partial charge in [0.05, 0.1) is 6.61 Å². The molecule has 9 heteroatoms. The van der Waals surface area contributed by atoms with Crippen molar-refractivity contribution in [1.29, 1.82) is 0 Å². The van der Waals surface area contributed by atoms with Crippen LogP contribution in [0.15, 0.2) is 14.6 Å². The molecule has 2 rings (SSSR count). The van der Waals surface area contributed by atoms with Crippen molar-refractivity contribution in [2.75, 3.05) is 6.61 Å². The molecule has 0 saturated heterocycles. The molecular formula is C15H20N4O4S. The second-order valence-electron chi connectivity index (χ2n) is 5.22. The molecule has 24 heavy (non-hydrogen) atoms. The SMILES string of the molecule is CCOC(=O)[C@H](C)Sc1nc(CC)nc2c1c(=O)n(C)c(=O)n2C. The first-order valence-electron chi connectivity index (χ1n) is 7.61. The summed E-state index contributed by atoms with van der Waals surface area (Å²) in [7, 11) is 2.96. The lowest BCUT2D eigenvalue weighted by Gasteiger charge is -2.13. The van der Waals surface area contributed by atoms with Crippen LogP contribution in [-0.2, 0) is 30.0 Å². The van der Waals surface area contributed by atoms with Gasteiger partial charge in [-0.2, -0.15) is 0 Å². The van der Waals surface area contributed by atoms with Gasteiger partial charge in [-0.15, -0.1) is 0 Å². The van der Waals surface area contributed by atoms with Gasteiger partial charge in [0.25, 0.3) is 5.56 Å². The van der Waals surface area contributed by atoms with E-state index >= 15 is 0 Å². The monoisotopic (exact) mass is 352 g/mol. The number of aryl methyl sites for hydroxylation is 2. The van der Waals surface area contributed by atoms with Crippen LogP contribution in [0, 0.1) is 0 Å². The van der Waals surface area contributed by atoms with Crippen LogP contribution in [0.25, 0.3) is 11.0 Å². The van der Waals surface area contributed by atoms with Gasteiger partial charge in [0.1, 0.15) is 21.5 Å². The Kier molecular flexibility index (Phi) is 5.43. The van der Waals surface area contributed by atoms with Crippen LogP contribution in [0.2, 0.25) is 0 Å². The van der Waals surface area contributed by atoms with E-state index in [9.17, 15) is 14.4 Å². The maximum Gasteiger partial charge on any atom is 0.332 e. The van der Waals surface area contributed by atoms with Gasteiger partial charge in [0, 0.05) is 20.5 Å². The number of carbonyl (C=O) groups is 1. The first-order chi connectivity index (χ1) is 11.3. The molecule has 8 nitrogen and oxygen atoms in total. The highest BCUT2D eigenvalue weighted by atomic mass is 32.2. The van der Waals surface area contributed by atoms with Crippen LogP contribution in [0.5, 0.6) is 0 Å². The Labute approximate surface area is 142 Å². The van der Waals surface area contributed by atoms with Crippen molar-refractivity contribution in [3.8, 4) is 0 Å². The summed E-state index contributed by atoms with van der Waals surface area (Å²) in [5.41, 5.74) is -0.662. The number of hydrogen-bond donors (Lipinski definition) is 0. The van der Waals surface area contributed by atoms with E-state index in [1.807, 2.05) is 6.92 Å². The Morgan fingerprint density at radius 3 is 2.46 bits per heavy atom. The summed E-state index contributed by atoms with van der Waals surface area (Å²) in [6.07, 6.45) is 0.542. The van der Waals surface area contributed by atoms with E-state index in [-0.39, 0.29) is 23.6 Å². The summed E-state index contributed by atoms with van der Waals surface area (Å²) >= 11 is 1.13. The van der Waals surface area contributed by atoms with E-state index in [0.29, 0.717) is 17.3 Å². The summed E-state index contributed by atoms with van der Waals surface area (Å²) < 4.78 is 7.33. The molecular weight excluding hydrogens is 332 g/mol. The fraction of sp³-hybridized carbons (Fsp3) is 0.533. The van der Waals surface area contributed by atoms with Gasteiger partial charge in [0.2, 0.25) is 0 Å². The van der Waals surface area contributed by atoms with Crippen LogP contribution in [0.3, 0.4) is 0 Å². The Morgan fingerprint density at radius 2 is 1.88 bits per heavy atom. The van der Waals surface area contributed by atoms with Crippen LogP contribution >= 0.6 is 11.8 Å². The highest BCUT2D eigenvalue weighted by Gasteiger charge is 2.22. The van der Waals surface area contributed by atoms with Gasteiger partial charge in [-0.25, -0.2) is 14.8 Å². The minimum atomic E-state index is -0.533. The molecule has 0 aliphatic heterocycles. The lowest BCUT2D eigenvalue weighted by atomic mass is 10.3. The minimum Gasteiger partial charge on any atom is -0.465 e. The average Bonchev–Trinajstić information content (AvgIpc) is 2.57. The first-order valence-corrected chi connectivity index (χ1v) is 8.49. The van der Waals surface area contributed by atoms with Crippen molar-refractivity contribution >= 4 is 28.8 Å². The van der Waals surface area contributed by atoms with Gasteiger partial charge in [-0.05, 0) is 13.8 Å². The van der Waals surface area contributed by atoms with E-state index in [1.54, 1.807) is 20.9 Å². The summed E-state index contributed by atoms with van der Waals surface area (Å²) in [6.45, 7) is 5.58. The third kappa shape index (κ3) is 3.21. The largest absolute Gasteiger partial charge is 0.465 e. The zero-order chi connectivity index (χ0) is 18.0. The molecule has 0 bridgehead atoms. The Bertz CT molecular complexity index is 903. The zero-order valence-corrected chi connectivity index (χ0v) is 15.1. The van der Waals surface area contributed by atoms with Crippen molar-refractivity contribution in [2.45, 2.75) is 37.5 Å². The lowest BCUT2D eigenvalue weighted by molar-refractivity contribution is -0.142. The summed E-state index contributed by atoms with van der Waals surface area (Å²) in [6, 6.07) is 0. The second kappa shape index (κ2) is 7.16. The number of ether oxygens (including phenoxy) is 1. The highest BCUT2D eigenvalue weighted by Crippen LogP contribution is 2.27. The molecule has 2 heterocycles. The maximum absolute atomic E-state index is 12.5. The fourth-order valence-corrected chi connectivity index (χ4v) is 3.14. The Morgan fingerprint density at radius 1 is 1.21 bits per heavy atom. The molecule has 0 saturated carbocycles. The van der Waals surface area contributed by atoms with E-state index in [0.717, 1.165) is 16.3 Å². The van der Waals surface area contributed by atoms with Gasteiger partial charge in [-0.3, -0.25) is 18.7 Å². The predicted molar refractivity (Wildman–Crippen MR) is 91.4 cm³/mol. The molecule has 0 amide bonds. The van der Waals surface area contributed by atoms with E-state index < -0.39 is 16.5 Å². The van der Waals surface area contributed by atoms with E-state index in [2.05, 4.69) is 9.97 Å². The molecule has 2 aromatic heterocycles. The van der Waals surface area contributed by atoms with Gasteiger partial charge in [0.15, 0.2) is 5.65 Å². The number of thioether (sulfide) groups is 1. The fourth-order valence-electron chi connectivity index (χ4n) is 2.19. The van der Waals surface area contributed by atoms with Crippen LogP contribution in [-0.4, -0.2) is 36.9 Å². The van der Waals surface area contributed by atoms with Crippen molar-refractivity contribution < 1.29 is 9.53 Å². The quantitative estimate of drug-likeness (QED) is 0.442. The Balaban J connectivity index is 2.71. The molecule has 0 radical (unpaired) electrons. The van der Waals surface area contributed by atoms with Gasteiger partial charge in [-0.1, -0.05) is 18.7 Å². The van der Waals surface area contributed by atoms with Gasteiger partial charge >= 0.3 is 11.7 Å². The average molecular weight is 352 g/mol. The molecule has 0 unspecified atom stereocenters. The maximum atomic E-state index is 12.5. The standard InChI is InChI=1S/C15H20N4O4S/c1-6-9-16-11-10(13(20)19(5)15(22)18(11)4)12(17-9)24-8(3)14(21)23-7-2/h8H,6-7H2,1-5H3/t8-/m0/s1. The molecule has 130 valence electrons. The minimum absolute atomic E-state index is 0.234. The third-order valence-corrected chi connectivity index (χ3v) is 4.60. The van der Waals surface area contributed by atoms with Crippen LogP contribution in [0.4, 0.5) is 0 Å². The summed E-state index contributed by atoms with van der Waals surface area (Å²) in [5, 5.41) is 0.0845. The van der Waals surface area contributed by atoms with Crippen LogP contribution < -0.4 is 11.2 Å². The first kappa shape index (κ1) is 18.2. The number of hydrogen-bond acceptors (Lipinski definition) is 7. The molecule has 2 aromatic rings. The predicted octanol–water partition coefficient (Wildman–Crippen LogP) is 0.633. The van der Waals surface area contributed by atoms with Crippen molar-refractivity contribution in [2.24, 2.45) is 14.1 Å².